The molecule has 0 unspecified atom stereocenters. The SMILES string of the molecule is Cc1cc(Cl)nc(C(F)F)c1S(N)(=O)=O. The lowest BCUT2D eigenvalue weighted by molar-refractivity contribution is 0.142. The normalized spacial score (nSPS) is 12.1. The molecule has 0 aliphatic heterocycles. The van der Waals surface area contributed by atoms with Crippen LogP contribution in [0, 0.1) is 6.92 Å². The van der Waals surface area contributed by atoms with Gasteiger partial charge in [-0.05, 0) is 18.6 Å². The maximum absolute atomic E-state index is 12.5. The zero-order chi connectivity index (χ0) is 11.8. The van der Waals surface area contributed by atoms with Gasteiger partial charge in [-0.3, -0.25) is 0 Å². The lowest BCUT2D eigenvalue weighted by atomic mass is 10.2. The van der Waals surface area contributed by atoms with Gasteiger partial charge in [0.1, 0.15) is 15.7 Å². The van der Waals surface area contributed by atoms with Crippen molar-refractivity contribution in [2.75, 3.05) is 0 Å². The molecule has 2 N–H and O–H groups in total. The number of halogens is 3. The monoisotopic (exact) mass is 256 g/mol. The molecular weight excluding hydrogens is 250 g/mol. The molecule has 1 aromatic rings. The van der Waals surface area contributed by atoms with Crippen LogP contribution in [-0.4, -0.2) is 13.4 Å². The Balaban J connectivity index is 3.62. The van der Waals surface area contributed by atoms with E-state index >= 15 is 0 Å². The van der Waals surface area contributed by atoms with Gasteiger partial charge in [0.25, 0.3) is 6.43 Å². The van der Waals surface area contributed by atoms with Crippen LogP contribution in [0.15, 0.2) is 11.0 Å². The third kappa shape index (κ3) is 2.61. The van der Waals surface area contributed by atoms with Crippen molar-refractivity contribution in [1.82, 2.24) is 4.98 Å². The van der Waals surface area contributed by atoms with Crippen molar-refractivity contribution in [2.24, 2.45) is 5.14 Å². The Morgan fingerprint density at radius 2 is 2.07 bits per heavy atom. The van der Waals surface area contributed by atoms with Crippen LogP contribution in [0.5, 0.6) is 0 Å². The van der Waals surface area contributed by atoms with Crippen LogP contribution in [0.1, 0.15) is 17.7 Å². The summed E-state index contributed by atoms with van der Waals surface area (Å²) in [6.07, 6.45) is -3.05. The fourth-order valence-corrected chi connectivity index (χ4v) is 2.35. The number of nitrogens with two attached hydrogens (primary N) is 1. The highest BCUT2D eigenvalue weighted by molar-refractivity contribution is 7.89. The fourth-order valence-electron chi connectivity index (χ4n) is 1.16. The highest BCUT2D eigenvalue weighted by Crippen LogP contribution is 2.28. The molecule has 0 aliphatic rings. The maximum atomic E-state index is 12.5. The lowest BCUT2D eigenvalue weighted by Crippen LogP contribution is -2.17. The second-order valence-corrected chi connectivity index (χ2v) is 4.71. The molecule has 0 amide bonds. The molecule has 8 heteroatoms. The molecule has 4 nitrogen and oxygen atoms in total. The van der Waals surface area contributed by atoms with E-state index in [0.29, 0.717) is 0 Å². The second-order valence-electron chi connectivity index (χ2n) is 2.82. The van der Waals surface area contributed by atoms with E-state index in [1.54, 1.807) is 0 Å². The predicted molar refractivity (Wildman–Crippen MR) is 50.3 cm³/mol. The number of pyridine rings is 1. The van der Waals surface area contributed by atoms with Crippen molar-refractivity contribution in [3.8, 4) is 0 Å². The van der Waals surface area contributed by atoms with Crippen molar-refractivity contribution in [2.45, 2.75) is 18.2 Å². The van der Waals surface area contributed by atoms with Gasteiger partial charge >= 0.3 is 0 Å². The lowest BCUT2D eigenvalue weighted by Gasteiger charge is -2.09. The minimum absolute atomic E-state index is 0.0489. The Bertz CT molecular complexity index is 490. The molecule has 0 atom stereocenters. The number of aromatic nitrogens is 1. The van der Waals surface area contributed by atoms with E-state index in [-0.39, 0.29) is 10.7 Å². The average Bonchev–Trinajstić information content (AvgIpc) is 1.99. The molecule has 0 bridgehead atoms. The minimum atomic E-state index is -4.23. The topological polar surface area (TPSA) is 73.0 Å². The van der Waals surface area contributed by atoms with Gasteiger partial charge in [-0.25, -0.2) is 27.3 Å². The van der Waals surface area contributed by atoms with E-state index in [1.807, 2.05) is 0 Å². The zero-order valence-electron chi connectivity index (χ0n) is 7.54. The molecule has 1 heterocycles. The van der Waals surface area contributed by atoms with Gasteiger partial charge in [0.2, 0.25) is 10.0 Å². The second kappa shape index (κ2) is 3.99. The summed E-state index contributed by atoms with van der Waals surface area (Å²) in [5, 5.41) is 4.60. The van der Waals surface area contributed by atoms with Crippen LogP contribution in [0.3, 0.4) is 0 Å². The molecule has 1 rings (SSSR count). The molecule has 1 aromatic heterocycles. The van der Waals surface area contributed by atoms with Crippen LogP contribution in [0.4, 0.5) is 8.78 Å². The highest BCUT2D eigenvalue weighted by Gasteiger charge is 2.25. The third-order valence-electron chi connectivity index (χ3n) is 1.64. The molecule has 0 aromatic carbocycles. The smallest absolute Gasteiger partial charge is 0.234 e. The number of alkyl halides is 2. The molecule has 0 fully saturated rings. The Morgan fingerprint density at radius 3 is 2.47 bits per heavy atom. The van der Waals surface area contributed by atoms with Crippen LogP contribution < -0.4 is 5.14 Å². The molecular formula is C7H7ClF2N2O2S. The number of primary sulfonamides is 1. The molecule has 84 valence electrons. The van der Waals surface area contributed by atoms with Gasteiger partial charge in [-0.2, -0.15) is 0 Å². The van der Waals surface area contributed by atoms with E-state index in [4.69, 9.17) is 16.7 Å². The quantitative estimate of drug-likeness (QED) is 0.818. The Morgan fingerprint density at radius 1 is 1.53 bits per heavy atom. The van der Waals surface area contributed by atoms with Crippen LogP contribution >= 0.6 is 11.6 Å². The first kappa shape index (κ1) is 12.3. The number of aryl methyl sites for hydroxylation is 1. The number of hydrogen-bond donors (Lipinski definition) is 1. The van der Waals surface area contributed by atoms with Gasteiger partial charge in [-0.15, -0.1) is 0 Å². The van der Waals surface area contributed by atoms with Crippen molar-refractivity contribution in [3.05, 3.63) is 22.5 Å². The molecule has 0 saturated heterocycles. The fraction of sp³-hybridized carbons (Fsp3) is 0.286. The summed E-state index contributed by atoms with van der Waals surface area (Å²) in [5.74, 6) is 0. The van der Waals surface area contributed by atoms with Crippen molar-refractivity contribution >= 4 is 21.6 Å². The van der Waals surface area contributed by atoms with Gasteiger partial charge < -0.3 is 0 Å². The van der Waals surface area contributed by atoms with Gasteiger partial charge in [0, 0.05) is 0 Å². The van der Waals surface area contributed by atoms with Crippen molar-refractivity contribution < 1.29 is 17.2 Å². The molecule has 0 saturated carbocycles. The Labute approximate surface area is 90.1 Å². The number of nitrogens with zero attached hydrogens (tertiary/aromatic N) is 1. The highest BCUT2D eigenvalue weighted by atomic mass is 35.5. The predicted octanol–water partition coefficient (Wildman–Crippen LogP) is 1.63. The molecule has 0 aliphatic carbocycles. The first-order chi connectivity index (χ1) is 6.73. The first-order valence-corrected chi connectivity index (χ1v) is 5.64. The summed E-state index contributed by atoms with van der Waals surface area (Å²) >= 11 is 5.44. The van der Waals surface area contributed by atoms with Gasteiger partial charge in [0.05, 0.1) is 0 Å². The minimum Gasteiger partial charge on any atom is -0.234 e. The summed E-state index contributed by atoms with van der Waals surface area (Å²) in [7, 11) is -4.23. The summed E-state index contributed by atoms with van der Waals surface area (Å²) in [6.45, 7) is 1.32. The van der Waals surface area contributed by atoms with Crippen LogP contribution in [0.25, 0.3) is 0 Å². The molecule has 15 heavy (non-hydrogen) atoms. The Kier molecular flexibility index (Phi) is 3.27. The summed E-state index contributed by atoms with van der Waals surface area (Å²) in [6, 6.07) is 1.16. The van der Waals surface area contributed by atoms with E-state index in [9.17, 15) is 17.2 Å². The molecule has 0 spiro atoms. The van der Waals surface area contributed by atoms with Crippen molar-refractivity contribution in [1.29, 1.82) is 0 Å². The first-order valence-electron chi connectivity index (χ1n) is 3.71. The third-order valence-corrected chi connectivity index (χ3v) is 2.94. The van der Waals surface area contributed by atoms with Crippen LogP contribution in [-0.2, 0) is 10.0 Å². The van der Waals surface area contributed by atoms with E-state index in [2.05, 4.69) is 4.98 Å². The number of sulfonamides is 1. The standard InChI is InChI=1S/C7H7ClF2N2O2S/c1-3-2-4(8)12-5(7(9)10)6(3)15(11,13)14/h2,7H,1H3,(H2,11,13,14). The van der Waals surface area contributed by atoms with Crippen LogP contribution in [0.2, 0.25) is 5.15 Å². The number of rotatable bonds is 2. The summed E-state index contributed by atoms with van der Waals surface area (Å²) < 4.78 is 47.1. The maximum Gasteiger partial charge on any atom is 0.281 e. The largest absolute Gasteiger partial charge is 0.281 e. The summed E-state index contributed by atoms with van der Waals surface area (Å²) in [5.41, 5.74) is -0.865. The molecule has 0 radical (unpaired) electrons. The number of hydrogen-bond acceptors (Lipinski definition) is 3. The average molecular weight is 257 g/mol. The van der Waals surface area contributed by atoms with Crippen molar-refractivity contribution in [3.63, 3.8) is 0 Å². The van der Waals surface area contributed by atoms with E-state index < -0.39 is 27.0 Å². The van der Waals surface area contributed by atoms with Gasteiger partial charge in [0.15, 0.2) is 0 Å². The Hall–Kier alpha value is -0.790. The zero-order valence-corrected chi connectivity index (χ0v) is 9.11. The summed E-state index contributed by atoms with van der Waals surface area (Å²) in [4.78, 5) is 2.59. The van der Waals surface area contributed by atoms with Gasteiger partial charge in [-0.1, -0.05) is 11.6 Å². The van der Waals surface area contributed by atoms with E-state index in [1.165, 1.54) is 6.92 Å². The van der Waals surface area contributed by atoms with E-state index in [0.717, 1.165) is 6.07 Å².